The van der Waals surface area contributed by atoms with E-state index >= 15 is 0 Å². The van der Waals surface area contributed by atoms with Crippen molar-refractivity contribution in [2.45, 2.75) is 49.3 Å². The summed E-state index contributed by atoms with van der Waals surface area (Å²) in [6.07, 6.45) is -1.31. The highest BCUT2D eigenvalue weighted by molar-refractivity contribution is 7.89. The molecule has 15 heteroatoms. The molecule has 2 aromatic carbocycles. The summed E-state index contributed by atoms with van der Waals surface area (Å²) in [5.74, 6) is 0.0201. The van der Waals surface area contributed by atoms with Crippen molar-refractivity contribution in [3.05, 3.63) is 71.7 Å². The number of halogens is 4. The van der Waals surface area contributed by atoms with Gasteiger partial charge in [0.05, 0.1) is 28.4 Å². The van der Waals surface area contributed by atoms with Crippen molar-refractivity contribution in [3.63, 3.8) is 0 Å². The van der Waals surface area contributed by atoms with Gasteiger partial charge in [-0.05, 0) is 94.2 Å². The molecule has 49 heavy (non-hydrogen) atoms. The molecule has 3 aliphatic rings. The third kappa shape index (κ3) is 8.39. The lowest BCUT2D eigenvalue weighted by Gasteiger charge is -2.38. The van der Waals surface area contributed by atoms with E-state index in [1.165, 1.54) is 37.1 Å². The molecule has 1 amide bonds. The van der Waals surface area contributed by atoms with Crippen LogP contribution in [0.2, 0.25) is 0 Å². The van der Waals surface area contributed by atoms with Crippen LogP contribution in [0.15, 0.2) is 59.5 Å². The average molecular weight is 704 g/mol. The molecule has 1 atom stereocenters. The van der Waals surface area contributed by atoms with E-state index in [9.17, 15) is 30.8 Å². The highest BCUT2D eigenvalue weighted by atomic mass is 32.2. The summed E-state index contributed by atoms with van der Waals surface area (Å²) in [6.45, 7) is 6.37. The lowest BCUT2D eigenvalue weighted by Crippen LogP contribution is -2.49. The molecule has 0 aliphatic carbocycles. The minimum absolute atomic E-state index is 0.0426. The van der Waals surface area contributed by atoms with Crippen LogP contribution < -0.4 is 10.2 Å². The maximum absolute atomic E-state index is 13.4. The summed E-state index contributed by atoms with van der Waals surface area (Å²) in [7, 11) is -1.89. The van der Waals surface area contributed by atoms with Gasteiger partial charge in [0.2, 0.25) is 21.9 Å². The van der Waals surface area contributed by atoms with Crippen LogP contribution in [-0.4, -0.2) is 104 Å². The molecule has 1 N–H and O–H groups in total. The second kappa shape index (κ2) is 14.7. The monoisotopic (exact) mass is 703 g/mol. The molecule has 0 saturated carbocycles. The molecule has 10 nitrogen and oxygen atoms in total. The molecule has 0 radical (unpaired) electrons. The van der Waals surface area contributed by atoms with Gasteiger partial charge in [-0.1, -0.05) is 12.1 Å². The van der Waals surface area contributed by atoms with Gasteiger partial charge < -0.3 is 15.1 Å². The Labute approximate surface area is 284 Å². The van der Waals surface area contributed by atoms with Crippen LogP contribution in [-0.2, 0) is 27.5 Å². The standard InChI is InChI=1S/C34H41F4N7O3S/c1-42-15-12-24(13-16-42)23-43-17-19-44(20-18-43)33-40-28(21-30(41-33)25-4-6-26(7-5-25)34(36,37)38)22-39-32(46)31-3-2-14-45(31)49(47,48)29-10-8-27(35)9-11-29/h4-11,21,24,31H,2-3,12-20,22-23H2,1H3,(H,39,46). The van der Waals surface area contributed by atoms with Gasteiger partial charge in [-0.3, -0.25) is 9.69 Å². The summed E-state index contributed by atoms with van der Waals surface area (Å²) >= 11 is 0. The van der Waals surface area contributed by atoms with Crippen LogP contribution in [0, 0.1) is 11.7 Å². The molecular weight excluding hydrogens is 662 g/mol. The van der Waals surface area contributed by atoms with Crippen LogP contribution >= 0.6 is 0 Å². The Bertz CT molecular complexity index is 1710. The summed E-state index contributed by atoms with van der Waals surface area (Å²) in [5, 5.41) is 2.82. The van der Waals surface area contributed by atoms with E-state index in [-0.39, 0.29) is 18.0 Å². The van der Waals surface area contributed by atoms with Gasteiger partial charge in [0, 0.05) is 44.8 Å². The molecule has 3 fully saturated rings. The molecule has 3 aliphatic heterocycles. The number of rotatable bonds is 9. The number of likely N-dealkylation sites (tertiary alicyclic amines) is 1. The Morgan fingerprint density at radius 2 is 1.57 bits per heavy atom. The number of carbonyl (C=O) groups excluding carboxylic acids is 1. The molecule has 0 spiro atoms. The van der Waals surface area contributed by atoms with Crippen molar-refractivity contribution in [3.8, 4) is 11.3 Å². The number of hydrogen-bond donors (Lipinski definition) is 1. The van der Waals surface area contributed by atoms with Gasteiger partial charge in [0.1, 0.15) is 11.9 Å². The van der Waals surface area contributed by atoms with Crippen molar-refractivity contribution >= 4 is 21.9 Å². The Kier molecular flexibility index (Phi) is 10.5. The van der Waals surface area contributed by atoms with Gasteiger partial charge in [0.25, 0.3) is 0 Å². The van der Waals surface area contributed by atoms with E-state index < -0.39 is 39.5 Å². The molecule has 0 bridgehead atoms. The largest absolute Gasteiger partial charge is 0.416 e. The van der Waals surface area contributed by atoms with Gasteiger partial charge in [-0.25, -0.2) is 22.8 Å². The Balaban J connectivity index is 1.18. The number of nitrogens with one attached hydrogen (secondary N) is 1. The maximum Gasteiger partial charge on any atom is 0.416 e. The fourth-order valence-electron chi connectivity index (χ4n) is 6.76. The van der Waals surface area contributed by atoms with Crippen molar-refractivity contribution in [1.29, 1.82) is 0 Å². The topological polar surface area (TPSA) is 102 Å². The molecule has 3 aromatic rings. The highest BCUT2D eigenvalue weighted by Crippen LogP contribution is 2.32. The van der Waals surface area contributed by atoms with E-state index in [4.69, 9.17) is 9.97 Å². The average Bonchev–Trinajstić information content (AvgIpc) is 3.60. The maximum atomic E-state index is 13.4. The Hall–Kier alpha value is -3.66. The molecule has 264 valence electrons. The third-order valence-electron chi connectivity index (χ3n) is 9.66. The quantitative estimate of drug-likeness (QED) is 0.331. The number of nitrogens with zero attached hydrogens (tertiary/aromatic N) is 6. The number of hydrogen-bond acceptors (Lipinski definition) is 8. The summed E-state index contributed by atoms with van der Waals surface area (Å²) < 4.78 is 81.0. The fourth-order valence-corrected chi connectivity index (χ4v) is 8.42. The lowest BCUT2D eigenvalue weighted by atomic mass is 9.96. The van der Waals surface area contributed by atoms with Crippen molar-refractivity contribution in [2.24, 2.45) is 5.92 Å². The van der Waals surface area contributed by atoms with Crippen LogP contribution in [0.5, 0.6) is 0 Å². The van der Waals surface area contributed by atoms with Crippen LogP contribution in [0.3, 0.4) is 0 Å². The number of carbonyl (C=O) groups is 1. The van der Waals surface area contributed by atoms with Gasteiger partial charge in [0.15, 0.2) is 0 Å². The molecule has 1 aromatic heterocycles. The molecular formula is C34H41F4N7O3S. The van der Waals surface area contributed by atoms with Crippen molar-refractivity contribution in [1.82, 2.24) is 29.4 Å². The Morgan fingerprint density at radius 1 is 0.898 bits per heavy atom. The number of alkyl halides is 3. The van der Waals surface area contributed by atoms with E-state index in [1.54, 1.807) is 6.07 Å². The van der Waals surface area contributed by atoms with Crippen LogP contribution in [0.4, 0.5) is 23.5 Å². The first-order chi connectivity index (χ1) is 23.4. The number of amides is 1. The first-order valence-corrected chi connectivity index (χ1v) is 18.1. The first-order valence-electron chi connectivity index (χ1n) is 16.6. The summed E-state index contributed by atoms with van der Waals surface area (Å²) in [4.78, 5) is 29.7. The normalized spacial score (nSPS) is 20.5. The summed E-state index contributed by atoms with van der Waals surface area (Å²) in [5.41, 5.74) is 0.555. The Morgan fingerprint density at radius 3 is 2.22 bits per heavy atom. The van der Waals surface area contributed by atoms with E-state index in [0.29, 0.717) is 54.7 Å². The fraction of sp³-hybridized carbons (Fsp3) is 0.500. The zero-order valence-electron chi connectivity index (χ0n) is 27.4. The molecule has 1 unspecified atom stereocenters. The van der Waals surface area contributed by atoms with E-state index in [0.717, 1.165) is 61.3 Å². The van der Waals surface area contributed by atoms with E-state index in [1.807, 2.05) is 0 Å². The number of anilines is 1. The number of sulfonamides is 1. The summed E-state index contributed by atoms with van der Waals surface area (Å²) in [6, 6.07) is 9.92. The van der Waals surface area contributed by atoms with Crippen molar-refractivity contribution < 1.29 is 30.8 Å². The third-order valence-corrected chi connectivity index (χ3v) is 11.6. The predicted octanol–water partition coefficient (Wildman–Crippen LogP) is 4.23. The lowest BCUT2D eigenvalue weighted by molar-refractivity contribution is -0.137. The number of piperazine rings is 1. The van der Waals surface area contributed by atoms with Crippen molar-refractivity contribution in [2.75, 3.05) is 64.3 Å². The molecule has 4 heterocycles. The molecule has 3 saturated heterocycles. The first kappa shape index (κ1) is 35.2. The zero-order valence-corrected chi connectivity index (χ0v) is 28.2. The number of piperidine rings is 1. The smallest absolute Gasteiger partial charge is 0.349 e. The zero-order chi connectivity index (χ0) is 34.8. The number of aromatic nitrogens is 2. The highest BCUT2D eigenvalue weighted by Gasteiger charge is 2.39. The van der Waals surface area contributed by atoms with Gasteiger partial charge in [-0.15, -0.1) is 0 Å². The minimum Gasteiger partial charge on any atom is -0.349 e. The predicted molar refractivity (Wildman–Crippen MR) is 177 cm³/mol. The van der Waals surface area contributed by atoms with Gasteiger partial charge in [-0.2, -0.15) is 17.5 Å². The van der Waals surface area contributed by atoms with Gasteiger partial charge >= 0.3 is 6.18 Å². The second-order valence-electron chi connectivity index (χ2n) is 13.1. The van der Waals surface area contributed by atoms with Crippen LogP contribution in [0.1, 0.15) is 36.9 Å². The molecule has 6 rings (SSSR count). The second-order valence-corrected chi connectivity index (χ2v) is 15.0. The number of benzene rings is 2. The minimum atomic E-state index is -4.48. The van der Waals surface area contributed by atoms with Crippen LogP contribution in [0.25, 0.3) is 11.3 Å². The SMILES string of the molecule is CN1CCC(CN2CCN(c3nc(CNC(=O)C4CCCN4S(=O)(=O)c4ccc(F)cc4)cc(-c4ccc(C(F)(F)F)cc4)n3)CC2)CC1. The van der Waals surface area contributed by atoms with E-state index in [2.05, 4.69) is 27.1 Å².